The lowest BCUT2D eigenvalue weighted by Crippen LogP contribution is -2.46. The molecule has 2 N–H and O–H groups in total. The van der Waals surface area contributed by atoms with Crippen molar-refractivity contribution >= 4 is 34.7 Å². The number of nitrogens with zero attached hydrogens (tertiary/aromatic N) is 1. The second-order valence-corrected chi connectivity index (χ2v) is 6.52. The zero-order valence-corrected chi connectivity index (χ0v) is 13.7. The number of nitrogens with two attached hydrogens (primary N) is 1. The van der Waals surface area contributed by atoms with E-state index >= 15 is 0 Å². The highest BCUT2D eigenvalue weighted by Gasteiger charge is 2.25. The Morgan fingerprint density at radius 1 is 1.50 bits per heavy atom. The Hall–Kier alpha value is -0.780. The van der Waals surface area contributed by atoms with E-state index in [1.165, 1.54) is 4.90 Å². The Morgan fingerprint density at radius 3 is 2.95 bits per heavy atom. The predicted molar refractivity (Wildman–Crippen MR) is 91.0 cm³/mol. The van der Waals surface area contributed by atoms with Crippen LogP contribution in [-0.2, 0) is 4.74 Å². The molecule has 0 aromatic heterocycles. The molecule has 0 radical (unpaired) electrons. The van der Waals surface area contributed by atoms with Crippen LogP contribution in [0.2, 0.25) is 0 Å². The Labute approximate surface area is 130 Å². The minimum absolute atomic E-state index is 0.402. The Morgan fingerprint density at radius 2 is 2.30 bits per heavy atom. The molecule has 1 aliphatic heterocycles. The average molecular weight is 310 g/mol. The lowest BCUT2D eigenvalue weighted by atomic mass is 10.1. The maximum absolute atomic E-state index is 6.00. The molecule has 1 aromatic carbocycles. The number of thiocarbonyl (C=S) groups is 1. The van der Waals surface area contributed by atoms with E-state index in [0.717, 1.165) is 43.2 Å². The highest BCUT2D eigenvalue weighted by Crippen LogP contribution is 2.33. The summed E-state index contributed by atoms with van der Waals surface area (Å²) in [7, 11) is 0. The number of hydrogen-bond acceptors (Lipinski definition) is 4. The smallest absolute Gasteiger partial charge is 0.107 e. The molecule has 20 heavy (non-hydrogen) atoms. The molecule has 5 heteroatoms. The molecule has 0 bridgehead atoms. The van der Waals surface area contributed by atoms with E-state index in [1.807, 2.05) is 0 Å². The summed E-state index contributed by atoms with van der Waals surface area (Å²) in [5.74, 6) is 1.01. The zero-order chi connectivity index (χ0) is 14.5. The summed E-state index contributed by atoms with van der Waals surface area (Å²) in [6, 6.07) is 6.73. The van der Waals surface area contributed by atoms with Crippen LogP contribution in [0.3, 0.4) is 0 Å². The van der Waals surface area contributed by atoms with Crippen LogP contribution in [0.25, 0.3) is 0 Å². The molecule has 110 valence electrons. The van der Waals surface area contributed by atoms with Crippen molar-refractivity contribution in [3.8, 4) is 0 Å². The first kappa shape index (κ1) is 15.6. The van der Waals surface area contributed by atoms with Gasteiger partial charge in [0.15, 0.2) is 0 Å². The Balaban J connectivity index is 2.43. The van der Waals surface area contributed by atoms with Crippen molar-refractivity contribution in [1.29, 1.82) is 0 Å². The molecule has 1 aliphatic rings. The molecule has 0 aliphatic carbocycles. The number of benzene rings is 1. The highest BCUT2D eigenvalue weighted by molar-refractivity contribution is 7.99. The summed E-state index contributed by atoms with van der Waals surface area (Å²) in [6.07, 6.45) is 1.06. The van der Waals surface area contributed by atoms with Gasteiger partial charge in [-0.05, 0) is 24.3 Å². The Bertz CT molecular complexity index is 479. The minimum Gasteiger partial charge on any atom is -0.389 e. The van der Waals surface area contributed by atoms with E-state index in [0.29, 0.717) is 11.0 Å². The van der Waals surface area contributed by atoms with Crippen LogP contribution < -0.4 is 10.6 Å². The van der Waals surface area contributed by atoms with Gasteiger partial charge in [0.1, 0.15) is 4.99 Å². The summed E-state index contributed by atoms with van der Waals surface area (Å²) in [5.41, 5.74) is 8.18. The molecule has 3 nitrogen and oxygen atoms in total. The quantitative estimate of drug-likeness (QED) is 0.668. The van der Waals surface area contributed by atoms with Gasteiger partial charge < -0.3 is 15.4 Å². The second kappa shape index (κ2) is 7.29. The first-order chi connectivity index (χ1) is 9.69. The molecule has 0 spiro atoms. The van der Waals surface area contributed by atoms with Gasteiger partial charge >= 0.3 is 0 Å². The molecule has 1 unspecified atom stereocenters. The van der Waals surface area contributed by atoms with Crippen molar-refractivity contribution in [2.24, 2.45) is 5.73 Å². The van der Waals surface area contributed by atoms with Crippen molar-refractivity contribution in [2.75, 3.05) is 30.4 Å². The van der Waals surface area contributed by atoms with Crippen LogP contribution in [-0.4, -0.2) is 36.5 Å². The summed E-state index contributed by atoms with van der Waals surface area (Å²) in [6.45, 7) is 6.77. The summed E-state index contributed by atoms with van der Waals surface area (Å²) >= 11 is 7.09. The van der Waals surface area contributed by atoms with Gasteiger partial charge in [0, 0.05) is 22.7 Å². The standard InChI is InChI=1S/C15H22N2OS2/c1-3-11-10-18-9-8-17(11)12-6-5-7-13(20-4-2)14(12)15(16)19/h5-7,11H,3-4,8-10H2,1-2H3,(H2,16,19). The van der Waals surface area contributed by atoms with Gasteiger partial charge in [-0.2, -0.15) is 0 Å². The largest absolute Gasteiger partial charge is 0.389 e. The van der Waals surface area contributed by atoms with Gasteiger partial charge in [-0.25, -0.2) is 0 Å². The lowest BCUT2D eigenvalue weighted by molar-refractivity contribution is 0.0929. The monoisotopic (exact) mass is 310 g/mol. The molecule has 1 fully saturated rings. The van der Waals surface area contributed by atoms with Gasteiger partial charge in [-0.15, -0.1) is 11.8 Å². The van der Waals surface area contributed by atoms with Crippen molar-refractivity contribution in [2.45, 2.75) is 31.2 Å². The molecule has 1 aromatic rings. The van der Waals surface area contributed by atoms with Crippen molar-refractivity contribution < 1.29 is 4.74 Å². The fourth-order valence-electron chi connectivity index (χ4n) is 2.59. The number of ether oxygens (including phenoxy) is 1. The van der Waals surface area contributed by atoms with Crippen molar-refractivity contribution in [3.63, 3.8) is 0 Å². The van der Waals surface area contributed by atoms with E-state index in [9.17, 15) is 0 Å². The van der Waals surface area contributed by atoms with Gasteiger partial charge in [0.05, 0.1) is 19.3 Å². The zero-order valence-electron chi connectivity index (χ0n) is 12.1. The van der Waals surface area contributed by atoms with Crippen molar-refractivity contribution in [3.05, 3.63) is 23.8 Å². The maximum Gasteiger partial charge on any atom is 0.107 e. The lowest BCUT2D eigenvalue weighted by Gasteiger charge is -2.38. The number of morpholine rings is 1. The molecule has 1 heterocycles. The fourth-order valence-corrected chi connectivity index (χ4v) is 3.72. The third kappa shape index (κ3) is 3.27. The van der Waals surface area contributed by atoms with E-state index in [4.69, 9.17) is 22.7 Å². The Kier molecular flexibility index (Phi) is 5.69. The summed E-state index contributed by atoms with van der Waals surface area (Å²) in [4.78, 5) is 4.06. The van der Waals surface area contributed by atoms with Crippen LogP contribution in [0.5, 0.6) is 0 Å². The maximum atomic E-state index is 6.00. The van der Waals surface area contributed by atoms with Crippen LogP contribution in [0.1, 0.15) is 25.8 Å². The predicted octanol–water partition coefficient (Wildman–Crippen LogP) is 3.05. The van der Waals surface area contributed by atoms with Gasteiger partial charge in [0.2, 0.25) is 0 Å². The fraction of sp³-hybridized carbons (Fsp3) is 0.533. The SMILES string of the molecule is CCSc1cccc(N2CCOCC2CC)c1C(N)=S. The molecular formula is C15H22N2OS2. The number of thioether (sulfide) groups is 1. The van der Waals surface area contributed by atoms with E-state index < -0.39 is 0 Å². The van der Waals surface area contributed by atoms with E-state index in [2.05, 4.69) is 36.9 Å². The number of hydrogen-bond donors (Lipinski definition) is 1. The minimum atomic E-state index is 0.402. The third-order valence-corrected chi connectivity index (χ3v) is 4.70. The average Bonchev–Trinajstić information content (AvgIpc) is 2.47. The van der Waals surface area contributed by atoms with Crippen LogP contribution in [0.15, 0.2) is 23.1 Å². The van der Waals surface area contributed by atoms with E-state index in [-0.39, 0.29) is 0 Å². The van der Waals surface area contributed by atoms with Crippen LogP contribution in [0, 0.1) is 0 Å². The molecular weight excluding hydrogens is 288 g/mol. The first-order valence-corrected chi connectivity index (χ1v) is 8.48. The molecule has 1 atom stereocenters. The third-order valence-electron chi connectivity index (χ3n) is 3.56. The van der Waals surface area contributed by atoms with Gasteiger partial charge in [-0.3, -0.25) is 0 Å². The van der Waals surface area contributed by atoms with Crippen LogP contribution >= 0.6 is 24.0 Å². The molecule has 2 rings (SSSR count). The normalized spacial score (nSPS) is 19.1. The van der Waals surface area contributed by atoms with Crippen molar-refractivity contribution in [1.82, 2.24) is 0 Å². The second-order valence-electron chi connectivity index (χ2n) is 4.78. The van der Waals surface area contributed by atoms with Gasteiger partial charge in [0.25, 0.3) is 0 Å². The summed E-state index contributed by atoms with van der Waals surface area (Å²) < 4.78 is 5.59. The first-order valence-electron chi connectivity index (χ1n) is 7.09. The summed E-state index contributed by atoms with van der Waals surface area (Å²) in [5, 5.41) is 0. The van der Waals surface area contributed by atoms with Crippen LogP contribution in [0.4, 0.5) is 5.69 Å². The van der Waals surface area contributed by atoms with E-state index in [1.54, 1.807) is 11.8 Å². The molecule has 0 saturated carbocycles. The number of anilines is 1. The molecule has 1 saturated heterocycles. The van der Waals surface area contributed by atoms with Gasteiger partial charge in [-0.1, -0.05) is 32.1 Å². The highest BCUT2D eigenvalue weighted by atomic mass is 32.2. The number of rotatable bonds is 5. The topological polar surface area (TPSA) is 38.5 Å². The molecule has 0 amide bonds.